The summed E-state index contributed by atoms with van der Waals surface area (Å²) in [4.78, 5) is 25.1. The topological polar surface area (TPSA) is 77.3 Å². The summed E-state index contributed by atoms with van der Waals surface area (Å²) in [7, 11) is -3.30. The van der Waals surface area contributed by atoms with E-state index in [1.165, 1.54) is 0 Å². The van der Waals surface area contributed by atoms with Gasteiger partial charge in [0.25, 0.3) is 0 Å². The minimum Gasteiger partial charge on any atom is -0.487 e. The number of carbonyl (C=O) groups is 2. The molecule has 0 saturated heterocycles. The fraction of sp³-hybridized carbons (Fsp3) is 0.0370. The molecule has 0 fully saturated rings. The number of amides is 2. The quantitative estimate of drug-likeness (QED) is 0.242. The van der Waals surface area contributed by atoms with Crippen LogP contribution in [0.3, 0.4) is 0 Å². The molecule has 0 unspecified atom stereocenters. The smallest absolute Gasteiger partial charge is 0.458 e. The molecule has 0 heterocycles. The maximum Gasteiger partial charge on any atom is 0.458 e. The predicted octanol–water partition coefficient (Wildman–Crippen LogP) is 4.75. The highest BCUT2D eigenvalue weighted by molar-refractivity contribution is 7.07. The molecule has 4 aromatic carbocycles. The maximum absolute atomic E-state index is 12.9. The van der Waals surface area contributed by atoms with Crippen molar-refractivity contribution in [3.63, 3.8) is 0 Å². The van der Waals surface area contributed by atoms with E-state index in [1.54, 1.807) is 25.1 Å². The molecule has 7 heteroatoms. The number of nitrogens with zero attached hydrogens (tertiary/aromatic N) is 2. The van der Waals surface area contributed by atoms with E-state index < -0.39 is 20.5 Å². The first-order valence-corrected chi connectivity index (χ1v) is 12.6. The predicted molar refractivity (Wildman–Crippen MR) is 133 cm³/mol. The van der Waals surface area contributed by atoms with Crippen LogP contribution in [0.2, 0.25) is 0 Å². The molecule has 2 amide bonds. The van der Waals surface area contributed by atoms with Crippen molar-refractivity contribution < 1.29 is 18.8 Å². The Balaban J connectivity index is 1.69. The number of azo groups is 1. The van der Waals surface area contributed by atoms with Crippen molar-refractivity contribution in [2.24, 2.45) is 10.2 Å². The molecule has 0 aliphatic carbocycles. The number of hydrogen-bond donors (Lipinski definition) is 0. The molecule has 0 saturated carbocycles. The van der Waals surface area contributed by atoms with Crippen LogP contribution in [0.1, 0.15) is 5.56 Å². The van der Waals surface area contributed by atoms with Crippen LogP contribution in [0.5, 0.6) is 5.75 Å². The van der Waals surface area contributed by atoms with Gasteiger partial charge in [-0.05, 0) is 34.1 Å². The number of rotatable bonds is 5. The zero-order valence-corrected chi connectivity index (χ0v) is 19.5. The molecule has 4 rings (SSSR count). The van der Waals surface area contributed by atoms with Crippen molar-refractivity contribution in [2.75, 3.05) is 0 Å². The lowest BCUT2D eigenvalue weighted by Gasteiger charge is -2.31. The summed E-state index contributed by atoms with van der Waals surface area (Å²) >= 11 is 0. The van der Waals surface area contributed by atoms with E-state index in [1.807, 2.05) is 97.1 Å². The molecule has 0 atom stereocenters. The van der Waals surface area contributed by atoms with Crippen LogP contribution in [0.15, 0.2) is 125 Å². The Morgan fingerprint density at radius 2 is 1.00 bits per heavy atom. The number of benzene rings is 4. The first kappa shape index (κ1) is 22.8. The molecule has 34 heavy (non-hydrogen) atoms. The van der Waals surface area contributed by atoms with E-state index in [-0.39, 0.29) is 0 Å². The maximum atomic E-state index is 12.9. The van der Waals surface area contributed by atoms with Gasteiger partial charge in [0.15, 0.2) is 0 Å². The molecule has 0 radical (unpaired) electrons. The zero-order chi connectivity index (χ0) is 23.8. The standard InChI is InChI=1S/C27H22N2O4Si/c1-21-13-11-12-20-25(21)32-26(30)28-29-27(31)33-34(22-14-5-2-6-15-22,23-16-7-3-8-17-23)24-18-9-4-10-19-24/h2-20H,1H3. The molecular weight excluding hydrogens is 444 g/mol. The van der Waals surface area contributed by atoms with Gasteiger partial charge in [-0.1, -0.05) is 119 Å². The Labute approximate surface area is 198 Å². The Hall–Kier alpha value is -4.36. The van der Waals surface area contributed by atoms with Gasteiger partial charge in [-0.3, -0.25) is 0 Å². The Morgan fingerprint density at radius 3 is 1.47 bits per heavy atom. The number of carbonyl (C=O) groups excluding carboxylic acids is 2. The second-order valence-corrected chi connectivity index (χ2v) is 10.8. The van der Waals surface area contributed by atoms with Gasteiger partial charge in [0, 0.05) is 0 Å². The molecule has 0 N–H and O–H groups in total. The van der Waals surface area contributed by atoms with Crippen molar-refractivity contribution >= 4 is 36.1 Å². The molecule has 0 aliphatic rings. The molecule has 6 nitrogen and oxygen atoms in total. The Morgan fingerprint density at radius 1 is 0.588 bits per heavy atom. The highest BCUT2D eigenvalue weighted by Gasteiger charge is 2.45. The Kier molecular flexibility index (Phi) is 7.05. The number of aryl methyl sites for hydroxylation is 1. The lowest BCUT2D eigenvalue weighted by Crippen LogP contribution is -2.69. The molecular formula is C27H22N2O4Si. The van der Waals surface area contributed by atoms with Crippen LogP contribution >= 0.6 is 0 Å². The van der Waals surface area contributed by atoms with E-state index in [0.29, 0.717) is 5.75 Å². The van der Waals surface area contributed by atoms with Crippen LogP contribution in [-0.2, 0) is 4.43 Å². The van der Waals surface area contributed by atoms with Crippen LogP contribution in [0.25, 0.3) is 0 Å². The lowest BCUT2D eigenvalue weighted by molar-refractivity contribution is 0.200. The summed E-state index contributed by atoms with van der Waals surface area (Å²) in [5.41, 5.74) is 0.761. The van der Waals surface area contributed by atoms with Crippen LogP contribution in [-0.4, -0.2) is 20.5 Å². The van der Waals surface area contributed by atoms with Gasteiger partial charge in [-0.15, -0.1) is 0 Å². The van der Waals surface area contributed by atoms with Crippen molar-refractivity contribution in [2.45, 2.75) is 6.92 Å². The van der Waals surface area contributed by atoms with E-state index >= 15 is 0 Å². The van der Waals surface area contributed by atoms with Gasteiger partial charge in [0.2, 0.25) is 0 Å². The summed E-state index contributed by atoms with van der Waals surface area (Å²) < 4.78 is 11.3. The summed E-state index contributed by atoms with van der Waals surface area (Å²) in [6.07, 6.45) is -1.97. The van der Waals surface area contributed by atoms with Crippen molar-refractivity contribution in [1.82, 2.24) is 0 Å². The van der Waals surface area contributed by atoms with Gasteiger partial charge < -0.3 is 9.16 Å². The van der Waals surface area contributed by atoms with Crippen molar-refractivity contribution in [3.8, 4) is 5.75 Å². The molecule has 4 aromatic rings. The van der Waals surface area contributed by atoms with E-state index in [0.717, 1.165) is 21.1 Å². The third-order valence-corrected chi connectivity index (χ3v) is 9.21. The fourth-order valence-electron chi connectivity index (χ4n) is 3.71. The third-order valence-electron chi connectivity index (χ3n) is 5.29. The minimum absolute atomic E-state index is 0.349. The zero-order valence-electron chi connectivity index (χ0n) is 18.5. The van der Waals surface area contributed by atoms with Gasteiger partial charge in [0.1, 0.15) is 5.75 Å². The highest BCUT2D eigenvalue weighted by atomic mass is 28.4. The monoisotopic (exact) mass is 466 g/mol. The van der Waals surface area contributed by atoms with Crippen LogP contribution < -0.4 is 20.3 Å². The van der Waals surface area contributed by atoms with Crippen molar-refractivity contribution in [3.05, 3.63) is 121 Å². The average Bonchev–Trinajstić information content (AvgIpc) is 2.89. The van der Waals surface area contributed by atoms with Gasteiger partial charge in [0.05, 0.1) is 0 Å². The van der Waals surface area contributed by atoms with E-state index in [9.17, 15) is 9.59 Å². The van der Waals surface area contributed by atoms with Gasteiger partial charge in [-0.2, -0.15) is 0 Å². The van der Waals surface area contributed by atoms with Crippen molar-refractivity contribution in [1.29, 1.82) is 0 Å². The van der Waals surface area contributed by atoms with Gasteiger partial charge in [-0.25, -0.2) is 9.59 Å². The molecule has 0 bridgehead atoms. The largest absolute Gasteiger partial charge is 0.487 e. The molecule has 0 aliphatic heterocycles. The van der Waals surface area contributed by atoms with Gasteiger partial charge >= 0.3 is 20.5 Å². The fourth-order valence-corrected chi connectivity index (χ4v) is 7.36. The first-order chi connectivity index (χ1) is 16.6. The van der Waals surface area contributed by atoms with Crippen LogP contribution in [0.4, 0.5) is 9.59 Å². The number of para-hydroxylation sites is 1. The second kappa shape index (κ2) is 10.5. The minimum atomic E-state index is -3.30. The third kappa shape index (κ3) is 5.00. The highest BCUT2D eigenvalue weighted by Crippen LogP contribution is 2.17. The SMILES string of the molecule is Cc1ccccc1OC(=O)N=NC(=O)O[Si](c1ccccc1)(c1ccccc1)c1ccccc1. The van der Waals surface area contributed by atoms with Crippen LogP contribution in [0, 0.1) is 6.92 Å². The summed E-state index contributed by atoms with van der Waals surface area (Å²) in [6, 6.07) is 35.7. The number of hydrogen-bond acceptors (Lipinski definition) is 4. The second-order valence-electron chi connectivity index (χ2n) is 7.48. The van der Waals surface area contributed by atoms with E-state index in [4.69, 9.17) is 9.16 Å². The molecule has 0 spiro atoms. The first-order valence-electron chi connectivity index (χ1n) is 10.7. The summed E-state index contributed by atoms with van der Waals surface area (Å²) in [5.74, 6) is 0.349. The van der Waals surface area contributed by atoms with E-state index in [2.05, 4.69) is 10.2 Å². The molecule has 0 aromatic heterocycles. The summed E-state index contributed by atoms with van der Waals surface area (Å²) in [5, 5.41) is 9.55. The Bertz CT molecular complexity index is 1200. The summed E-state index contributed by atoms with van der Waals surface area (Å²) in [6.45, 7) is 1.80. The lowest BCUT2D eigenvalue weighted by atomic mass is 10.2. The average molecular weight is 467 g/mol. The number of ether oxygens (including phenoxy) is 1. The normalized spacial score (nSPS) is 11.2. The molecule has 168 valence electrons.